The summed E-state index contributed by atoms with van der Waals surface area (Å²) in [4.78, 5) is 12.0. The summed E-state index contributed by atoms with van der Waals surface area (Å²) in [6.07, 6.45) is 3.78. The van der Waals surface area contributed by atoms with Crippen molar-refractivity contribution in [2.24, 2.45) is 0 Å². The van der Waals surface area contributed by atoms with Crippen LogP contribution in [0.3, 0.4) is 0 Å². The monoisotopic (exact) mass is 214 g/mol. The van der Waals surface area contributed by atoms with Crippen LogP contribution in [0.1, 0.15) is 44.2 Å². The number of rotatable bonds is 2. The number of hydrogen-bond acceptors (Lipinski definition) is 1. The summed E-state index contributed by atoms with van der Waals surface area (Å²) < 4.78 is 0. The van der Waals surface area contributed by atoms with E-state index in [9.17, 15) is 4.79 Å². The fraction of sp³-hybridized carbons (Fsp3) is 0.400. The third-order valence-corrected chi connectivity index (χ3v) is 3.33. The van der Waals surface area contributed by atoms with E-state index in [1.807, 2.05) is 12.1 Å². The molecule has 0 heterocycles. The maximum Gasteiger partial charge on any atom is 0.163 e. The highest BCUT2D eigenvalue weighted by Gasteiger charge is 2.20. The second-order valence-electron chi connectivity index (χ2n) is 4.44. The van der Waals surface area contributed by atoms with Gasteiger partial charge < -0.3 is 0 Å². The minimum atomic E-state index is 0.324. The predicted octanol–water partition coefficient (Wildman–Crippen LogP) is 3.78. The van der Waals surface area contributed by atoms with Crippen LogP contribution in [0, 0.1) is 0 Å². The number of carbonyl (C=O) groups excluding carboxylic acids is 1. The van der Waals surface area contributed by atoms with E-state index in [1.165, 1.54) is 11.1 Å². The average Bonchev–Trinajstić information content (AvgIpc) is 2.29. The molecule has 1 heteroatoms. The lowest BCUT2D eigenvalue weighted by atomic mass is 9.85. The fourth-order valence-corrected chi connectivity index (χ4v) is 2.45. The van der Waals surface area contributed by atoms with E-state index in [4.69, 9.17) is 0 Å². The Labute approximate surface area is 97.2 Å². The largest absolute Gasteiger partial charge is 0.294 e. The van der Waals surface area contributed by atoms with E-state index in [1.54, 1.807) is 0 Å². The molecule has 1 aliphatic carbocycles. The molecule has 1 aromatic rings. The van der Waals surface area contributed by atoms with Gasteiger partial charge in [-0.05, 0) is 37.3 Å². The Morgan fingerprint density at radius 3 is 2.62 bits per heavy atom. The zero-order chi connectivity index (χ0) is 11.5. The zero-order valence-corrected chi connectivity index (χ0v) is 10.0. The zero-order valence-electron chi connectivity index (χ0n) is 10.0. The highest BCUT2D eigenvalue weighted by molar-refractivity contribution is 6.22. The maximum absolute atomic E-state index is 12.0. The van der Waals surface area contributed by atoms with E-state index in [-0.39, 0.29) is 0 Å². The number of carbonyl (C=O) groups is 1. The molecule has 1 aliphatic rings. The average molecular weight is 214 g/mol. The van der Waals surface area contributed by atoms with Crippen molar-refractivity contribution in [1.29, 1.82) is 0 Å². The predicted molar refractivity (Wildman–Crippen MR) is 67.3 cm³/mol. The Balaban J connectivity index is 2.54. The van der Waals surface area contributed by atoms with Crippen molar-refractivity contribution in [3.8, 4) is 0 Å². The van der Waals surface area contributed by atoms with Crippen LogP contribution in [0.5, 0.6) is 0 Å². The molecule has 2 rings (SSSR count). The first kappa shape index (κ1) is 11.1. The molecule has 0 saturated carbocycles. The molecule has 0 aromatic heterocycles. The number of ketones is 1. The molecule has 0 N–H and O–H groups in total. The first-order valence-electron chi connectivity index (χ1n) is 6.05. The Morgan fingerprint density at radius 1 is 1.19 bits per heavy atom. The Morgan fingerprint density at radius 2 is 1.94 bits per heavy atom. The molecular formula is C15H18O. The van der Waals surface area contributed by atoms with Gasteiger partial charge in [-0.15, -0.1) is 0 Å². The number of benzene rings is 1. The molecule has 0 saturated heterocycles. The minimum absolute atomic E-state index is 0.324. The number of Topliss-reactive ketones (excluding diaryl/α,β-unsaturated/α-hetero) is 1. The molecule has 0 bridgehead atoms. The van der Waals surface area contributed by atoms with Crippen LogP contribution in [-0.2, 0) is 11.2 Å². The molecule has 1 aromatic carbocycles. The highest BCUT2D eigenvalue weighted by atomic mass is 16.1. The van der Waals surface area contributed by atoms with Crippen LogP contribution in [0.15, 0.2) is 29.8 Å². The van der Waals surface area contributed by atoms with Crippen molar-refractivity contribution >= 4 is 11.4 Å². The first-order chi connectivity index (χ1) is 7.74. The van der Waals surface area contributed by atoms with Crippen molar-refractivity contribution in [2.75, 3.05) is 0 Å². The number of hydrogen-bond donors (Lipinski definition) is 0. The van der Waals surface area contributed by atoms with Crippen LogP contribution in [0.2, 0.25) is 0 Å². The van der Waals surface area contributed by atoms with Gasteiger partial charge in [0.2, 0.25) is 0 Å². The van der Waals surface area contributed by atoms with Gasteiger partial charge in [-0.1, -0.05) is 36.8 Å². The van der Waals surface area contributed by atoms with Gasteiger partial charge in [-0.3, -0.25) is 4.79 Å². The summed E-state index contributed by atoms with van der Waals surface area (Å²) in [5.41, 5.74) is 4.69. The first-order valence-corrected chi connectivity index (χ1v) is 6.05. The van der Waals surface area contributed by atoms with E-state index in [0.29, 0.717) is 12.2 Å². The maximum atomic E-state index is 12.0. The second kappa shape index (κ2) is 4.65. The van der Waals surface area contributed by atoms with Gasteiger partial charge in [-0.25, -0.2) is 0 Å². The summed E-state index contributed by atoms with van der Waals surface area (Å²) in [5.74, 6) is 0.324. The van der Waals surface area contributed by atoms with E-state index < -0.39 is 0 Å². The third kappa shape index (κ3) is 1.95. The molecule has 1 nitrogen and oxygen atoms in total. The van der Waals surface area contributed by atoms with Crippen LogP contribution < -0.4 is 0 Å². The van der Waals surface area contributed by atoms with Gasteiger partial charge in [0.15, 0.2) is 5.78 Å². The molecule has 0 amide bonds. The van der Waals surface area contributed by atoms with Crippen molar-refractivity contribution in [1.82, 2.24) is 0 Å². The SMILES string of the molecule is CCc1ccccc1C1=C(C)CCCC1=O. The molecule has 0 unspecified atom stereocenters. The standard InChI is InChI=1S/C15H18O/c1-3-12-8-4-5-9-13(12)15-11(2)7-6-10-14(15)16/h4-5,8-9H,3,6-7,10H2,1-2H3. The summed E-state index contributed by atoms with van der Waals surface area (Å²) in [6.45, 7) is 4.24. The van der Waals surface area contributed by atoms with Gasteiger partial charge in [0.05, 0.1) is 0 Å². The van der Waals surface area contributed by atoms with Crippen molar-refractivity contribution in [3.63, 3.8) is 0 Å². The van der Waals surface area contributed by atoms with Crippen LogP contribution in [-0.4, -0.2) is 5.78 Å². The van der Waals surface area contributed by atoms with Gasteiger partial charge in [0, 0.05) is 12.0 Å². The van der Waals surface area contributed by atoms with Gasteiger partial charge in [-0.2, -0.15) is 0 Å². The Kier molecular flexibility index (Phi) is 3.23. The second-order valence-corrected chi connectivity index (χ2v) is 4.44. The smallest absolute Gasteiger partial charge is 0.163 e. The molecule has 0 atom stereocenters. The normalized spacial score (nSPS) is 16.8. The summed E-state index contributed by atoms with van der Waals surface area (Å²) in [5, 5.41) is 0. The van der Waals surface area contributed by atoms with Crippen LogP contribution in [0.25, 0.3) is 5.57 Å². The van der Waals surface area contributed by atoms with Crippen molar-refractivity contribution < 1.29 is 4.79 Å². The quantitative estimate of drug-likeness (QED) is 0.732. The minimum Gasteiger partial charge on any atom is -0.294 e. The van der Waals surface area contributed by atoms with Gasteiger partial charge in [0.1, 0.15) is 0 Å². The molecule has 0 radical (unpaired) electrons. The molecular weight excluding hydrogens is 196 g/mol. The van der Waals surface area contributed by atoms with Crippen LogP contribution in [0.4, 0.5) is 0 Å². The molecule has 84 valence electrons. The highest BCUT2D eigenvalue weighted by Crippen LogP contribution is 2.31. The summed E-state index contributed by atoms with van der Waals surface area (Å²) in [7, 11) is 0. The van der Waals surface area contributed by atoms with Gasteiger partial charge in [0.25, 0.3) is 0 Å². The Bertz CT molecular complexity index is 441. The molecule has 0 spiro atoms. The van der Waals surface area contributed by atoms with Gasteiger partial charge >= 0.3 is 0 Å². The van der Waals surface area contributed by atoms with Crippen molar-refractivity contribution in [2.45, 2.75) is 39.5 Å². The third-order valence-electron chi connectivity index (χ3n) is 3.33. The number of aryl methyl sites for hydroxylation is 1. The fourth-order valence-electron chi connectivity index (χ4n) is 2.45. The topological polar surface area (TPSA) is 17.1 Å². The van der Waals surface area contributed by atoms with Crippen molar-refractivity contribution in [3.05, 3.63) is 41.0 Å². The lowest BCUT2D eigenvalue weighted by Crippen LogP contribution is -2.10. The molecule has 0 fully saturated rings. The lowest BCUT2D eigenvalue weighted by Gasteiger charge is -2.19. The van der Waals surface area contributed by atoms with Crippen LogP contribution >= 0.6 is 0 Å². The summed E-state index contributed by atoms with van der Waals surface area (Å²) >= 11 is 0. The van der Waals surface area contributed by atoms with E-state index >= 15 is 0 Å². The molecule has 16 heavy (non-hydrogen) atoms. The Hall–Kier alpha value is -1.37. The van der Waals surface area contributed by atoms with E-state index in [0.717, 1.165) is 30.4 Å². The number of allylic oxidation sites excluding steroid dienone is 2. The van der Waals surface area contributed by atoms with E-state index in [2.05, 4.69) is 26.0 Å². The lowest BCUT2D eigenvalue weighted by molar-refractivity contribution is -0.114. The molecule has 0 aliphatic heterocycles. The summed E-state index contributed by atoms with van der Waals surface area (Å²) in [6, 6.07) is 8.28.